The van der Waals surface area contributed by atoms with Crippen LogP contribution in [-0.2, 0) is 18.6 Å². The van der Waals surface area contributed by atoms with Gasteiger partial charge in [0, 0.05) is 0 Å². The Balaban J connectivity index is 0. The fourth-order valence-electron chi connectivity index (χ4n) is 0. The van der Waals surface area contributed by atoms with Crippen LogP contribution in [0.1, 0.15) is 0 Å². The van der Waals surface area contributed by atoms with Gasteiger partial charge in [-0.15, -0.1) is 0 Å². The minimum absolute atomic E-state index is 0. The molecule has 0 aliphatic rings. The van der Waals surface area contributed by atoms with Gasteiger partial charge in [0.25, 0.3) is 0 Å². The number of rotatable bonds is 0. The summed E-state index contributed by atoms with van der Waals surface area (Å²) in [6, 6.07) is 0. The Morgan fingerprint density at radius 2 is 1.00 bits per heavy atom. The van der Waals surface area contributed by atoms with Crippen LogP contribution in [0.2, 0.25) is 0 Å². The van der Waals surface area contributed by atoms with Crippen LogP contribution >= 0.6 is 0 Å². The summed E-state index contributed by atoms with van der Waals surface area (Å²) in [4.78, 5) is 0. The van der Waals surface area contributed by atoms with Crippen molar-refractivity contribution >= 4 is 21.5 Å². The molecule has 0 aromatic rings. The quantitative estimate of drug-likeness (QED) is 0.392. The van der Waals surface area contributed by atoms with Gasteiger partial charge in [-0.1, -0.05) is 0 Å². The van der Waals surface area contributed by atoms with Crippen LogP contribution in [0.4, 0.5) is 0 Å². The third kappa shape index (κ3) is 34.6. The molecule has 0 radical (unpaired) electrons. The van der Waals surface area contributed by atoms with E-state index >= 15 is 0 Å². The molecule has 0 N–H and O–H groups in total. The second-order valence-electron chi connectivity index (χ2n) is 0.224. The molecule has 5 heavy (non-hydrogen) atoms. The van der Waals surface area contributed by atoms with E-state index in [-0.39, 0.29) is 18.6 Å². The van der Waals surface area contributed by atoms with Crippen molar-refractivity contribution in [2.24, 2.45) is 0 Å². The first-order valence-corrected chi connectivity index (χ1v) is 3.67. The molecule has 0 saturated heterocycles. The van der Waals surface area contributed by atoms with Gasteiger partial charge in [0.2, 0.25) is 0 Å². The van der Waals surface area contributed by atoms with E-state index in [9.17, 15) is 0 Å². The molecule has 0 aliphatic heterocycles. The summed E-state index contributed by atoms with van der Waals surface area (Å²) in [5, 5.41) is 0. The fraction of sp³-hybridized carbons (Fsp3) is 0. The molecule has 0 bridgehead atoms. The van der Waals surface area contributed by atoms with Crippen LogP contribution in [-0.4, -0.2) is 21.5 Å². The van der Waals surface area contributed by atoms with E-state index in [4.69, 9.17) is 10.2 Å². The first-order valence-electron chi connectivity index (χ1n) is 0.548. The third-order valence-electron chi connectivity index (χ3n) is 0. The Morgan fingerprint density at radius 1 is 1.00 bits per heavy atom. The van der Waals surface area contributed by atoms with Gasteiger partial charge in [-0.3, -0.25) is 0 Å². The topological polar surface area (TPSA) is 69.2 Å². The minimum Gasteiger partial charge on any atom is 3.00 e. The van der Waals surface area contributed by atoms with Gasteiger partial charge in [0.1, 0.15) is 0 Å². The maximum Gasteiger partial charge on any atom is 3.00 e. The van der Waals surface area contributed by atoms with E-state index < -0.39 is 21.5 Å². The molecule has 0 saturated carbocycles. The zero-order chi connectivity index (χ0) is 3.58. The van der Waals surface area contributed by atoms with Crippen molar-refractivity contribution < 1.29 is 28.7 Å². The summed E-state index contributed by atoms with van der Waals surface area (Å²) in [7, 11) is 0. The van der Waals surface area contributed by atoms with E-state index in [1.807, 2.05) is 0 Å². The molecule has 0 aromatic carbocycles. The predicted molar refractivity (Wildman–Crippen MR) is 5.75 cm³/mol. The molecule has 0 amide bonds. The molecule has 0 unspecified atom stereocenters. The van der Waals surface area contributed by atoms with E-state index in [1.54, 1.807) is 0 Å². The predicted octanol–water partition coefficient (Wildman–Crippen LogP) is -3.95. The Kier molecular flexibility index (Phi) is 10.1. The van der Waals surface area contributed by atoms with Crippen molar-refractivity contribution in [2.45, 2.75) is 0 Å². The smallest absolute Gasteiger partial charge is 3.00 e. The van der Waals surface area contributed by atoms with E-state index in [1.165, 1.54) is 0 Å². The third-order valence-corrected chi connectivity index (χ3v) is 0. The first-order chi connectivity index (χ1) is 1.73. The fourth-order valence-corrected chi connectivity index (χ4v) is 0. The Morgan fingerprint density at radius 3 is 1.00 bits per heavy atom. The van der Waals surface area contributed by atoms with Crippen molar-refractivity contribution in [3.05, 3.63) is 0 Å². The van der Waals surface area contributed by atoms with Gasteiger partial charge < -0.3 is 0 Å². The maximum absolute atomic E-state index is 8.60. The first kappa shape index (κ1) is 9.56. The molecular formula is O3SbV. The zero-order valence-electron chi connectivity index (χ0n) is 2.12. The molecule has 0 aliphatic carbocycles. The van der Waals surface area contributed by atoms with Crippen LogP contribution in [0.25, 0.3) is 0 Å². The van der Waals surface area contributed by atoms with Crippen molar-refractivity contribution in [1.82, 2.24) is 0 Å². The van der Waals surface area contributed by atoms with E-state index in [0.717, 1.165) is 0 Å². The summed E-state index contributed by atoms with van der Waals surface area (Å²) in [5.74, 6) is 0. The van der Waals surface area contributed by atoms with Crippen molar-refractivity contribution in [1.29, 1.82) is 0 Å². The molecule has 0 rings (SSSR count). The Bertz CT molecular complexity index is 11.6. The monoisotopic (exact) mass is 220 g/mol. The molecule has 5 heteroatoms. The van der Waals surface area contributed by atoms with Crippen molar-refractivity contribution in [3.8, 4) is 0 Å². The summed E-state index contributed by atoms with van der Waals surface area (Å²) < 4.78 is 25.8. The van der Waals surface area contributed by atoms with Crippen LogP contribution in [0.15, 0.2) is 0 Å². The summed E-state index contributed by atoms with van der Waals surface area (Å²) in [5.41, 5.74) is 0. The van der Waals surface area contributed by atoms with Crippen LogP contribution in [0.3, 0.4) is 0 Å². The standard InChI is InChI=1S/3O.Sb.V/q3*-1;;+3. The Hall–Kier alpha value is 1.28. The summed E-state index contributed by atoms with van der Waals surface area (Å²) >= 11 is -4.20. The molecule has 0 aromatic heterocycles. The number of hydrogen-bond acceptors (Lipinski definition) is 3. The molecule has 3 nitrogen and oxygen atoms in total. The second-order valence-corrected chi connectivity index (χ2v) is 1.50. The van der Waals surface area contributed by atoms with Gasteiger partial charge in [-0.05, 0) is 0 Å². The molecule has 0 fully saturated rings. The normalized spacial score (nSPS) is 7.20. The second kappa shape index (κ2) is 5.28. The molecule has 0 spiro atoms. The van der Waals surface area contributed by atoms with Gasteiger partial charge in [-0.2, -0.15) is 0 Å². The molecular weight excluding hydrogens is 221 g/mol. The van der Waals surface area contributed by atoms with Crippen LogP contribution < -0.4 is 10.2 Å². The largest absolute Gasteiger partial charge is 3.00 e. The maximum atomic E-state index is 8.60. The molecule has 28 valence electrons. The molecule has 0 heterocycles. The van der Waals surface area contributed by atoms with Gasteiger partial charge >= 0.3 is 50.2 Å². The van der Waals surface area contributed by atoms with E-state index in [0.29, 0.717) is 0 Å². The SMILES string of the molecule is [O-][Sb]([O-])[O-].[V+3]. The van der Waals surface area contributed by atoms with E-state index in [2.05, 4.69) is 0 Å². The van der Waals surface area contributed by atoms with Crippen LogP contribution in [0, 0.1) is 0 Å². The number of hydrogen-bond donors (Lipinski definition) is 0. The average Bonchev–Trinajstić information content (AvgIpc) is 0.811. The van der Waals surface area contributed by atoms with Gasteiger partial charge in [0.05, 0.1) is 0 Å². The minimum atomic E-state index is -4.20. The van der Waals surface area contributed by atoms with Gasteiger partial charge in [-0.25, -0.2) is 0 Å². The zero-order valence-corrected chi connectivity index (χ0v) is 6.07. The summed E-state index contributed by atoms with van der Waals surface area (Å²) in [6.07, 6.45) is 0. The average molecular weight is 221 g/mol. The van der Waals surface area contributed by atoms with Crippen molar-refractivity contribution in [2.75, 3.05) is 0 Å². The van der Waals surface area contributed by atoms with Crippen LogP contribution in [0.5, 0.6) is 0 Å². The van der Waals surface area contributed by atoms with Gasteiger partial charge in [0.15, 0.2) is 0 Å². The summed E-state index contributed by atoms with van der Waals surface area (Å²) in [6.45, 7) is 0. The van der Waals surface area contributed by atoms with Crippen molar-refractivity contribution in [3.63, 3.8) is 0 Å². The Labute approximate surface area is 50.2 Å². The molecule has 0 atom stereocenters.